The maximum Gasteiger partial charge on any atom is 0.202 e. The van der Waals surface area contributed by atoms with Crippen LogP contribution in [0.25, 0.3) is 0 Å². The molecule has 0 saturated heterocycles. The molecule has 20 heavy (non-hydrogen) atoms. The lowest BCUT2D eigenvalue weighted by Crippen LogP contribution is -2.24. The van der Waals surface area contributed by atoms with Crippen molar-refractivity contribution in [3.63, 3.8) is 0 Å². The van der Waals surface area contributed by atoms with Crippen molar-refractivity contribution in [1.82, 2.24) is 0 Å². The summed E-state index contributed by atoms with van der Waals surface area (Å²) >= 11 is 5.81. The Balaban J connectivity index is 2.13. The van der Waals surface area contributed by atoms with Gasteiger partial charge in [0, 0.05) is 10.6 Å². The van der Waals surface area contributed by atoms with Crippen LogP contribution in [0.3, 0.4) is 0 Å². The van der Waals surface area contributed by atoms with Crippen LogP contribution >= 0.6 is 11.6 Å². The summed E-state index contributed by atoms with van der Waals surface area (Å²) in [4.78, 5) is 12.3. The van der Waals surface area contributed by atoms with Crippen LogP contribution in [-0.4, -0.2) is 19.0 Å². The Morgan fingerprint density at radius 2 is 1.65 bits per heavy atom. The van der Waals surface area contributed by atoms with Gasteiger partial charge in [0.25, 0.3) is 0 Å². The van der Waals surface area contributed by atoms with E-state index in [1.165, 1.54) is 0 Å². The van der Waals surface area contributed by atoms with Crippen molar-refractivity contribution in [2.45, 2.75) is 13.0 Å². The molecule has 0 aliphatic heterocycles. The predicted molar refractivity (Wildman–Crippen MR) is 78.9 cm³/mol. The third-order valence-corrected chi connectivity index (χ3v) is 3.12. The van der Waals surface area contributed by atoms with Crippen LogP contribution < -0.4 is 9.47 Å². The van der Waals surface area contributed by atoms with Crippen LogP contribution in [0, 0.1) is 0 Å². The Kier molecular flexibility index (Phi) is 4.64. The van der Waals surface area contributed by atoms with E-state index in [2.05, 4.69) is 0 Å². The van der Waals surface area contributed by atoms with Gasteiger partial charge in [0.05, 0.1) is 7.11 Å². The normalized spacial score (nSPS) is 11.8. The lowest BCUT2D eigenvalue weighted by Gasteiger charge is -2.16. The van der Waals surface area contributed by atoms with Gasteiger partial charge in [-0.05, 0) is 43.3 Å². The molecule has 0 unspecified atom stereocenters. The van der Waals surface area contributed by atoms with Crippen molar-refractivity contribution in [2.24, 2.45) is 0 Å². The Bertz CT molecular complexity index is 593. The number of para-hydroxylation sites is 2. The fourth-order valence-electron chi connectivity index (χ4n) is 1.81. The number of halogens is 1. The summed E-state index contributed by atoms with van der Waals surface area (Å²) in [6, 6.07) is 14.0. The fourth-order valence-corrected chi connectivity index (χ4v) is 1.93. The van der Waals surface area contributed by atoms with Crippen LogP contribution in [0.1, 0.15) is 17.3 Å². The quantitative estimate of drug-likeness (QED) is 0.781. The van der Waals surface area contributed by atoms with Gasteiger partial charge in [0.1, 0.15) is 0 Å². The minimum absolute atomic E-state index is 0.104. The zero-order valence-electron chi connectivity index (χ0n) is 11.3. The number of rotatable bonds is 5. The minimum atomic E-state index is -0.604. The number of ketones is 1. The molecule has 1 atom stereocenters. The highest BCUT2D eigenvalue weighted by atomic mass is 35.5. The van der Waals surface area contributed by atoms with Gasteiger partial charge < -0.3 is 9.47 Å². The number of benzene rings is 2. The van der Waals surface area contributed by atoms with E-state index in [1.54, 1.807) is 50.4 Å². The van der Waals surface area contributed by atoms with Crippen molar-refractivity contribution in [3.8, 4) is 11.5 Å². The first-order chi connectivity index (χ1) is 9.61. The smallest absolute Gasteiger partial charge is 0.202 e. The molecule has 0 aliphatic carbocycles. The highest BCUT2D eigenvalue weighted by Gasteiger charge is 2.18. The van der Waals surface area contributed by atoms with Crippen molar-refractivity contribution < 1.29 is 14.3 Å². The van der Waals surface area contributed by atoms with Crippen LogP contribution in [-0.2, 0) is 0 Å². The summed E-state index contributed by atoms with van der Waals surface area (Å²) in [6.45, 7) is 1.71. The molecular weight excluding hydrogens is 276 g/mol. The van der Waals surface area contributed by atoms with Crippen LogP contribution in [0.4, 0.5) is 0 Å². The zero-order chi connectivity index (χ0) is 14.5. The predicted octanol–water partition coefficient (Wildman–Crippen LogP) is 4.00. The molecule has 0 fully saturated rings. The Morgan fingerprint density at radius 1 is 1.05 bits per heavy atom. The number of hydrogen-bond acceptors (Lipinski definition) is 3. The van der Waals surface area contributed by atoms with E-state index in [9.17, 15) is 4.79 Å². The van der Waals surface area contributed by atoms with Gasteiger partial charge in [-0.2, -0.15) is 0 Å². The number of ether oxygens (including phenoxy) is 2. The second-order valence-corrected chi connectivity index (χ2v) is 4.72. The topological polar surface area (TPSA) is 35.5 Å². The van der Waals surface area contributed by atoms with Gasteiger partial charge in [-0.1, -0.05) is 23.7 Å². The Labute approximate surface area is 123 Å². The van der Waals surface area contributed by atoms with E-state index in [-0.39, 0.29) is 5.78 Å². The number of methoxy groups -OCH3 is 1. The number of carbonyl (C=O) groups is 1. The number of Topliss-reactive ketones (excluding diaryl/α,β-unsaturated/α-hetero) is 1. The Morgan fingerprint density at radius 3 is 2.25 bits per heavy atom. The summed E-state index contributed by atoms with van der Waals surface area (Å²) in [5.74, 6) is 1.04. The van der Waals surface area contributed by atoms with Gasteiger partial charge >= 0.3 is 0 Å². The first kappa shape index (κ1) is 14.4. The molecule has 3 nitrogen and oxygen atoms in total. The second kappa shape index (κ2) is 6.44. The van der Waals surface area contributed by atoms with E-state index in [0.29, 0.717) is 22.1 Å². The van der Waals surface area contributed by atoms with E-state index in [1.807, 2.05) is 12.1 Å². The third-order valence-electron chi connectivity index (χ3n) is 2.87. The SMILES string of the molecule is COc1ccccc1O[C@H](C)C(=O)c1ccc(Cl)cc1. The van der Waals surface area contributed by atoms with Crippen LogP contribution in [0.5, 0.6) is 11.5 Å². The molecule has 0 aromatic heterocycles. The molecule has 0 amide bonds. The summed E-state index contributed by atoms with van der Waals surface area (Å²) in [5.41, 5.74) is 0.566. The first-order valence-corrected chi connectivity index (χ1v) is 6.59. The summed E-state index contributed by atoms with van der Waals surface area (Å²) in [7, 11) is 1.56. The van der Waals surface area contributed by atoms with Crippen molar-refractivity contribution >= 4 is 17.4 Å². The molecule has 0 heterocycles. The molecule has 0 saturated carbocycles. The lowest BCUT2D eigenvalue weighted by molar-refractivity contribution is 0.0814. The molecule has 0 radical (unpaired) electrons. The van der Waals surface area contributed by atoms with E-state index >= 15 is 0 Å². The molecule has 0 N–H and O–H groups in total. The van der Waals surface area contributed by atoms with Crippen molar-refractivity contribution in [2.75, 3.05) is 7.11 Å². The maximum atomic E-state index is 12.3. The molecular formula is C16H15ClO3. The van der Waals surface area contributed by atoms with Gasteiger partial charge in [0.2, 0.25) is 5.78 Å². The third kappa shape index (κ3) is 3.31. The molecule has 0 aliphatic rings. The zero-order valence-corrected chi connectivity index (χ0v) is 12.1. The summed E-state index contributed by atoms with van der Waals surface area (Å²) < 4.78 is 10.9. The second-order valence-electron chi connectivity index (χ2n) is 4.28. The van der Waals surface area contributed by atoms with E-state index < -0.39 is 6.10 Å². The van der Waals surface area contributed by atoms with Gasteiger partial charge in [-0.15, -0.1) is 0 Å². The highest BCUT2D eigenvalue weighted by molar-refractivity contribution is 6.30. The molecule has 0 bridgehead atoms. The molecule has 2 aromatic carbocycles. The molecule has 2 aromatic rings. The standard InChI is InChI=1S/C16H15ClO3/c1-11(16(18)12-7-9-13(17)10-8-12)20-15-6-4-3-5-14(15)19-2/h3-11H,1-2H3/t11-/m1/s1. The average molecular weight is 291 g/mol. The highest BCUT2D eigenvalue weighted by Crippen LogP contribution is 2.27. The largest absolute Gasteiger partial charge is 0.493 e. The molecule has 2 rings (SSSR count). The minimum Gasteiger partial charge on any atom is -0.493 e. The van der Waals surface area contributed by atoms with Crippen LogP contribution in [0.2, 0.25) is 5.02 Å². The maximum absolute atomic E-state index is 12.3. The summed E-state index contributed by atoms with van der Waals surface area (Å²) in [6.07, 6.45) is -0.604. The lowest BCUT2D eigenvalue weighted by atomic mass is 10.1. The first-order valence-electron chi connectivity index (χ1n) is 6.21. The summed E-state index contributed by atoms with van der Waals surface area (Å²) in [5, 5.41) is 0.597. The Hall–Kier alpha value is -2.00. The van der Waals surface area contributed by atoms with Crippen molar-refractivity contribution in [1.29, 1.82) is 0 Å². The molecule has 104 valence electrons. The van der Waals surface area contributed by atoms with Gasteiger partial charge in [-0.3, -0.25) is 4.79 Å². The molecule has 4 heteroatoms. The monoisotopic (exact) mass is 290 g/mol. The molecule has 0 spiro atoms. The van der Waals surface area contributed by atoms with Crippen LogP contribution in [0.15, 0.2) is 48.5 Å². The van der Waals surface area contributed by atoms with Gasteiger partial charge in [-0.25, -0.2) is 0 Å². The average Bonchev–Trinajstić information content (AvgIpc) is 2.48. The van der Waals surface area contributed by atoms with E-state index in [4.69, 9.17) is 21.1 Å². The number of hydrogen-bond donors (Lipinski definition) is 0. The fraction of sp³-hybridized carbons (Fsp3) is 0.188. The van der Waals surface area contributed by atoms with E-state index in [0.717, 1.165) is 0 Å². The van der Waals surface area contributed by atoms with Gasteiger partial charge in [0.15, 0.2) is 17.6 Å². The van der Waals surface area contributed by atoms with Crippen molar-refractivity contribution in [3.05, 3.63) is 59.1 Å². The number of carbonyl (C=O) groups excluding carboxylic acids is 1.